The minimum atomic E-state index is 0.137. The summed E-state index contributed by atoms with van der Waals surface area (Å²) in [5.74, 6) is 1.66. The molecule has 2 unspecified atom stereocenters. The van der Waals surface area contributed by atoms with Gasteiger partial charge in [-0.3, -0.25) is 0 Å². The Morgan fingerprint density at radius 2 is 2.05 bits per heavy atom. The van der Waals surface area contributed by atoms with Gasteiger partial charge in [-0.25, -0.2) is 0 Å². The molecule has 0 spiro atoms. The Kier molecular flexibility index (Phi) is 4.73. The molecule has 0 fully saturated rings. The van der Waals surface area contributed by atoms with Gasteiger partial charge in [0.05, 0.1) is 5.25 Å². The summed E-state index contributed by atoms with van der Waals surface area (Å²) in [5, 5.41) is 4.56. The Hall–Kier alpha value is -1.17. The van der Waals surface area contributed by atoms with Crippen molar-refractivity contribution < 1.29 is 9.47 Å². The van der Waals surface area contributed by atoms with Crippen LogP contribution in [0.4, 0.5) is 0 Å². The average molecular weight is 321 g/mol. The molecule has 0 radical (unpaired) electrons. The zero-order valence-corrected chi connectivity index (χ0v) is 13.6. The molecule has 0 saturated heterocycles. The second-order valence-corrected chi connectivity index (χ2v) is 6.97. The summed E-state index contributed by atoms with van der Waals surface area (Å²) >= 11 is 3.51. The fraction of sp³-hybridized carbons (Fsp3) is 0.375. The summed E-state index contributed by atoms with van der Waals surface area (Å²) in [6, 6.07) is 8.42. The van der Waals surface area contributed by atoms with Crippen LogP contribution in [0.1, 0.15) is 24.2 Å². The number of hydrogen-bond donors (Lipinski definition) is 1. The molecular formula is C16H19NO2S2. The van der Waals surface area contributed by atoms with Crippen LogP contribution < -0.4 is 15.2 Å². The molecule has 21 heavy (non-hydrogen) atoms. The van der Waals surface area contributed by atoms with Gasteiger partial charge in [0.1, 0.15) is 13.2 Å². The highest BCUT2D eigenvalue weighted by Crippen LogP contribution is 2.42. The first kappa shape index (κ1) is 14.8. The molecule has 2 aromatic rings. The molecular weight excluding hydrogens is 302 g/mol. The maximum Gasteiger partial charge on any atom is 0.162 e. The van der Waals surface area contributed by atoms with Gasteiger partial charge in [-0.15, -0.1) is 11.8 Å². The van der Waals surface area contributed by atoms with Crippen molar-refractivity contribution in [2.45, 2.75) is 29.5 Å². The van der Waals surface area contributed by atoms with E-state index in [2.05, 4.69) is 35.9 Å². The van der Waals surface area contributed by atoms with E-state index in [-0.39, 0.29) is 11.3 Å². The van der Waals surface area contributed by atoms with Crippen molar-refractivity contribution in [2.24, 2.45) is 5.73 Å². The Labute approximate surface area is 133 Å². The molecule has 2 atom stereocenters. The van der Waals surface area contributed by atoms with Crippen LogP contribution in [0.2, 0.25) is 0 Å². The van der Waals surface area contributed by atoms with Crippen LogP contribution in [-0.2, 0) is 0 Å². The van der Waals surface area contributed by atoms with Gasteiger partial charge in [-0.2, -0.15) is 11.3 Å². The van der Waals surface area contributed by atoms with Gasteiger partial charge < -0.3 is 15.2 Å². The quantitative estimate of drug-likeness (QED) is 0.843. The number of thiophene rings is 1. The Balaban J connectivity index is 1.82. The second-order valence-electron chi connectivity index (χ2n) is 4.97. The van der Waals surface area contributed by atoms with E-state index in [1.165, 1.54) is 10.5 Å². The van der Waals surface area contributed by atoms with E-state index in [0.717, 1.165) is 17.9 Å². The fourth-order valence-corrected chi connectivity index (χ4v) is 4.34. The second kappa shape index (κ2) is 6.73. The molecule has 3 rings (SSSR count). The first-order valence-electron chi connectivity index (χ1n) is 7.12. The molecule has 1 aliphatic heterocycles. The molecule has 2 heterocycles. The molecule has 1 aromatic carbocycles. The van der Waals surface area contributed by atoms with Crippen molar-refractivity contribution >= 4 is 23.1 Å². The fourth-order valence-electron chi connectivity index (χ4n) is 2.30. The van der Waals surface area contributed by atoms with Gasteiger partial charge in [0.15, 0.2) is 11.5 Å². The lowest BCUT2D eigenvalue weighted by Crippen LogP contribution is -2.25. The van der Waals surface area contributed by atoms with E-state index in [0.29, 0.717) is 13.2 Å². The summed E-state index contributed by atoms with van der Waals surface area (Å²) in [6.07, 6.45) is 0.956. The average Bonchev–Trinajstić information content (AvgIpc) is 3.06. The number of benzene rings is 1. The highest BCUT2D eigenvalue weighted by atomic mass is 32.2. The molecule has 0 amide bonds. The number of thioether (sulfide) groups is 1. The topological polar surface area (TPSA) is 44.5 Å². The first-order chi connectivity index (χ1) is 10.3. The van der Waals surface area contributed by atoms with Crippen LogP contribution in [0, 0.1) is 0 Å². The van der Waals surface area contributed by atoms with Crippen molar-refractivity contribution in [2.75, 3.05) is 13.2 Å². The van der Waals surface area contributed by atoms with Crippen LogP contribution in [0.15, 0.2) is 39.9 Å². The molecule has 0 bridgehead atoms. The SMILES string of the molecule is CCC(N)C(Sc1ccc2c(c1)OCCO2)c1ccsc1. The van der Waals surface area contributed by atoms with Crippen molar-refractivity contribution in [1.29, 1.82) is 0 Å². The number of hydrogen-bond acceptors (Lipinski definition) is 5. The van der Waals surface area contributed by atoms with Crippen LogP contribution in [-0.4, -0.2) is 19.3 Å². The monoisotopic (exact) mass is 321 g/mol. The van der Waals surface area contributed by atoms with Crippen LogP contribution >= 0.6 is 23.1 Å². The van der Waals surface area contributed by atoms with E-state index in [1.54, 1.807) is 23.1 Å². The van der Waals surface area contributed by atoms with Gasteiger partial charge in [0.25, 0.3) is 0 Å². The van der Waals surface area contributed by atoms with E-state index >= 15 is 0 Å². The Morgan fingerprint density at radius 1 is 1.24 bits per heavy atom. The minimum absolute atomic E-state index is 0.137. The number of nitrogens with two attached hydrogens (primary N) is 1. The summed E-state index contributed by atoms with van der Waals surface area (Å²) in [5.41, 5.74) is 7.62. The lowest BCUT2D eigenvalue weighted by Gasteiger charge is -2.23. The summed E-state index contributed by atoms with van der Waals surface area (Å²) in [6.45, 7) is 3.37. The van der Waals surface area contributed by atoms with Crippen LogP contribution in [0.5, 0.6) is 11.5 Å². The highest BCUT2D eigenvalue weighted by Gasteiger charge is 2.21. The molecule has 1 aromatic heterocycles. The lowest BCUT2D eigenvalue weighted by atomic mass is 10.1. The first-order valence-corrected chi connectivity index (χ1v) is 8.94. The summed E-state index contributed by atoms with van der Waals surface area (Å²) in [7, 11) is 0. The van der Waals surface area contributed by atoms with Crippen LogP contribution in [0.3, 0.4) is 0 Å². The summed E-state index contributed by atoms with van der Waals surface area (Å²) in [4.78, 5) is 1.17. The normalized spacial score (nSPS) is 16.5. The predicted octanol–water partition coefficient (Wildman–Crippen LogP) is 4.09. The van der Waals surface area contributed by atoms with E-state index < -0.39 is 0 Å². The lowest BCUT2D eigenvalue weighted by molar-refractivity contribution is 0.171. The third kappa shape index (κ3) is 3.36. The van der Waals surface area contributed by atoms with Gasteiger partial charge >= 0.3 is 0 Å². The Bertz CT molecular complexity index is 586. The van der Waals surface area contributed by atoms with E-state index in [1.807, 2.05) is 6.07 Å². The third-order valence-electron chi connectivity index (χ3n) is 3.51. The highest BCUT2D eigenvalue weighted by molar-refractivity contribution is 7.99. The third-order valence-corrected chi connectivity index (χ3v) is 5.61. The van der Waals surface area contributed by atoms with E-state index in [4.69, 9.17) is 15.2 Å². The maximum absolute atomic E-state index is 6.32. The molecule has 1 aliphatic rings. The van der Waals surface area contributed by atoms with Crippen molar-refractivity contribution in [3.8, 4) is 11.5 Å². The largest absolute Gasteiger partial charge is 0.486 e. The zero-order chi connectivity index (χ0) is 14.7. The van der Waals surface area contributed by atoms with E-state index in [9.17, 15) is 0 Å². The standard InChI is InChI=1S/C16H19NO2S2/c1-2-13(17)16(11-5-8-20-10-11)21-12-3-4-14-15(9-12)19-7-6-18-14/h3-5,8-10,13,16H,2,6-7,17H2,1H3. The zero-order valence-electron chi connectivity index (χ0n) is 12.0. The molecule has 5 heteroatoms. The molecule has 3 nitrogen and oxygen atoms in total. The van der Waals surface area contributed by atoms with Crippen molar-refractivity contribution in [3.05, 3.63) is 40.6 Å². The molecule has 0 saturated carbocycles. The maximum atomic E-state index is 6.32. The summed E-state index contributed by atoms with van der Waals surface area (Å²) < 4.78 is 11.2. The molecule has 2 N–H and O–H groups in total. The number of fused-ring (bicyclic) bond motifs is 1. The molecule has 112 valence electrons. The van der Waals surface area contributed by atoms with Gasteiger partial charge in [0.2, 0.25) is 0 Å². The van der Waals surface area contributed by atoms with Crippen molar-refractivity contribution in [1.82, 2.24) is 0 Å². The Morgan fingerprint density at radius 3 is 2.76 bits per heavy atom. The van der Waals surface area contributed by atoms with Gasteiger partial charge in [0, 0.05) is 10.9 Å². The smallest absolute Gasteiger partial charge is 0.162 e. The minimum Gasteiger partial charge on any atom is -0.486 e. The van der Waals surface area contributed by atoms with Crippen LogP contribution in [0.25, 0.3) is 0 Å². The number of ether oxygens (including phenoxy) is 2. The number of rotatable bonds is 5. The molecule has 0 aliphatic carbocycles. The van der Waals surface area contributed by atoms with Gasteiger partial charge in [-0.1, -0.05) is 6.92 Å². The van der Waals surface area contributed by atoms with Crippen molar-refractivity contribution in [3.63, 3.8) is 0 Å². The van der Waals surface area contributed by atoms with Gasteiger partial charge in [-0.05, 0) is 47.0 Å². The predicted molar refractivity (Wildman–Crippen MR) is 88.6 cm³/mol.